The predicted octanol–water partition coefficient (Wildman–Crippen LogP) is 4.05. The smallest absolute Gasteiger partial charge is 0.234 e. The summed E-state index contributed by atoms with van der Waals surface area (Å²) in [5, 5.41) is 15.3. The lowest BCUT2D eigenvalue weighted by Gasteiger charge is -2.11. The standard InChI is InChI=1S/C21H25N5O2S/c1-4-5-6-16-8-10-17(11-9-16)26-21(23-24-25-26)29-14-20(27)22-18-13-15(2)7-12-19(18)28-3/h7-13H,4-6,14H2,1-3H3,(H,22,27). The Morgan fingerprint density at radius 1 is 1.21 bits per heavy atom. The molecule has 0 aliphatic heterocycles. The van der Waals surface area contributed by atoms with Crippen LogP contribution >= 0.6 is 11.8 Å². The van der Waals surface area contributed by atoms with Gasteiger partial charge in [-0.05, 0) is 65.6 Å². The molecular weight excluding hydrogens is 386 g/mol. The number of methoxy groups -OCH3 is 1. The minimum Gasteiger partial charge on any atom is -0.495 e. The Morgan fingerprint density at radius 2 is 2.00 bits per heavy atom. The lowest BCUT2D eigenvalue weighted by molar-refractivity contribution is -0.113. The Morgan fingerprint density at radius 3 is 2.72 bits per heavy atom. The highest BCUT2D eigenvalue weighted by atomic mass is 32.2. The Balaban J connectivity index is 1.63. The van der Waals surface area contributed by atoms with E-state index in [9.17, 15) is 4.79 Å². The average molecular weight is 412 g/mol. The first-order valence-electron chi connectivity index (χ1n) is 9.55. The number of anilines is 1. The Kier molecular flexibility index (Phi) is 7.24. The third-order valence-corrected chi connectivity index (χ3v) is 5.32. The van der Waals surface area contributed by atoms with Gasteiger partial charge in [0.05, 0.1) is 24.2 Å². The Bertz CT molecular complexity index is 956. The molecule has 0 saturated carbocycles. The van der Waals surface area contributed by atoms with Gasteiger partial charge in [0.1, 0.15) is 5.75 Å². The van der Waals surface area contributed by atoms with Gasteiger partial charge in [0, 0.05) is 0 Å². The molecule has 8 heteroatoms. The van der Waals surface area contributed by atoms with Crippen LogP contribution in [-0.2, 0) is 11.2 Å². The summed E-state index contributed by atoms with van der Waals surface area (Å²) in [7, 11) is 1.58. The van der Waals surface area contributed by atoms with Crippen LogP contribution < -0.4 is 10.1 Å². The van der Waals surface area contributed by atoms with Gasteiger partial charge in [-0.1, -0.05) is 43.3 Å². The van der Waals surface area contributed by atoms with Gasteiger partial charge in [0.2, 0.25) is 11.1 Å². The number of thioether (sulfide) groups is 1. The van der Waals surface area contributed by atoms with Gasteiger partial charge in [0.25, 0.3) is 0 Å². The van der Waals surface area contributed by atoms with Gasteiger partial charge >= 0.3 is 0 Å². The largest absolute Gasteiger partial charge is 0.495 e. The van der Waals surface area contributed by atoms with E-state index >= 15 is 0 Å². The molecule has 7 nitrogen and oxygen atoms in total. The molecule has 0 radical (unpaired) electrons. The number of nitrogens with one attached hydrogen (secondary N) is 1. The molecule has 0 fully saturated rings. The predicted molar refractivity (Wildman–Crippen MR) is 115 cm³/mol. The highest BCUT2D eigenvalue weighted by Crippen LogP contribution is 2.26. The molecule has 0 atom stereocenters. The molecule has 1 N–H and O–H groups in total. The van der Waals surface area contributed by atoms with Crippen molar-refractivity contribution in [1.29, 1.82) is 0 Å². The number of rotatable bonds is 9. The molecule has 0 aliphatic rings. The molecule has 0 unspecified atom stereocenters. The van der Waals surface area contributed by atoms with Crippen molar-refractivity contribution in [2.45, 2.75) is 38.3 Å². The topological polar surface area (TPSA) is 81.9 Å². The van der Waals surface area contributed by atoms with Crippen LogP contribution in [-0.4, -0.2) is 39.0 Å². The van der Waals surface area contributed by atoms with Gasteiger partial charge in [-0.25, -0.2) is 0 Å². The van der Waals surface area contributed by atoms with E-state index in [0.29, 0.717) is 16.6 Å². The van der Waals surface area contributed by atoms with E-state index in [-0.39, 0.29) is 11.7 Å². The fourth-order valence-electron chi connectivity index (χ4n) is 2.85. The van der Waals surface area contributed by atoms with Crippen LogP contribution in [0.5, 0.6) is 5.75 Å². The fraction of sp³-hybridized carbons (Fsp3) is 0.333. The van der Waals surface area contributed by atoms with Gasteiger partial charge in [0.15, 0.2) is 0 Å². The zero-order valence-electron chi connectivity index (χ0n) is 16.9. The second-order valence-corrected chi connectivity index (χ2v) is 7.63. The summed E-state index contributed by atoms with van der Waals surface area (Å²) >= 11 is 1.29. The van der Waals surface area contributed by atoms with Crippen LogP contribution in [0.3, 0.4) is 0 Å². The first-order valence-corrected chi connectivity index (χ1v) is 10.5. The normalized spacial score (nSPS) is 10.7. The number of aryl methyl sites for hydroxylation is 2. The summed E-state index contributed by atoms with van der Waals surface area (Å²) in [6.07, 6.45) is 3.41. The molecule has 3 rings (SSSR count). The fourth-order valence-corrected chi connectivity index (χ4v) is 3.54. The van der Waals surface area contributed by atoms with Crippen LogP contribution in [0.25, 0.3) is 5.69 Å². The minimum absolute atomic E-state index is 0.150. The summed E-state index contributed by atoms with van der Waals surface area (Å²) in [5.74, 6) is 0.664. The summed E-state index contributed by atoms with van der Waals surface area (Å²) in [4.78, 5) is 12.4. The maximum Gasteiger partial charge on any atom is 0.234 e. The summed E-state index contributed by atoms with van der Waals surface area (Å²) in [5.41, 5.74) is 3.86. The van der Waals surface area contributed by atoms with E-state index < -0.39 is 0 Å². The average Bonchev–Trinajstić information content (AvgIpc) is 3.20. The number of benzene rings is 2. The lowest BCUT2D eigenvalue weighted by atomic mass is 10.1. The third kappa shape index (κ3) is 5.57. The molecule has 3 aromatic rings. The molecule has 0 spiro atoms. The van der Waals surface area contributed by atoms with Gasteiger partial charge in [-0.3, -0.25) is 4.79 Å². The van der Waals surface area contributed by atoms with Crippen LogP contribution in [0.15, 0.2) is 47.6 Å². The maximum atomic E-state index is 12.4. The number of carbonyl (C=O) groups excluding carboxylic acids is 1. The second kappa shape index (κ2) is 10.1. The van der Waals surface area contributed by atoms with Crippen molar-refractivity contribution in [3.8, 4) is 11.4 Å². The monoisotopic (exact) mass is 411 g/mol. The Labute approximate surface area is 174 Å². The van der Waals surface area contributed by atoms with Crippen molar-refractivity contribution in [3.05, 3.63) is 53.6 Å². The zero-order chi connectivity index (χ0) is 20.6. The van der Waals surface area contributed by atoms with E-state index in [1.54, 1.807) is 11.8 Å². The maximum absolute atomic E-state index is 12.4. The van der Waals surface area contributed by atoms with Crippen LogP contribution in [0.4, 0.5) is 5.69 Å². The van der Waals surface area contributed by atoms with E-state index in [2.05, 4.69) is 39.9 Å². The molecule has 0 aliphatic carbocycles. The number of aromatic nitrogens is 4. The van der Waals surface area contributed by atoms with Gasteiger partial charge in [-0.2, -0.15) is 4.68 Å². The van der Waals surface area contributed by atoms with Crippen molar-refractivity contribution in [1.82, 2.24) is 20.2 Å². The molecule has 1 amide bonds. The van der Waals surface area contributed by atoms with Crippen molar-refractivity contribution >= 4 is 23.4 Å². The Hall–Kier alpha value is -2.87. The number of amides is 1. The highest BCUT2D eigenvalue weighted by molar-refractivity contribution is 7.99. The zero-order valence-corrected chi connectivity index (χ0v) is 17.7. The summed E-state index contributed by atoms with van der Waals surface area (Å²) in [6, 6.07) is 13.8. The molecule has 0 bridgehead atoms. The van der Waals surface area contributed by atoms with Crippen molar-refractivity contribution in [2.75, 3.05) is 18.2 Å². The van der Waals surface area contributed by atoms with Crippen LogP contribution in [0, 0.1) is 6.92 Å². The molecule has 1 aromatic heterocycles. The number of hydrogen-bond acceptors (Lipinski definition) is 6. The quantitative estimate of drug-likeness (QED) is 0.535. The number of hydrogen-bond donors (Lipinski definition) is 1. The lowest BCUT2D eigenvalue weighted by Crippen LogP contribution is -2.15. The molecular formula is C21H25N5O2S. The molecule has 152 valence electrons. The minimum atomic E-state index is -0.150. The number of ether oxygens (including phenoxy) is 1. The number of carbonyl (C=O) groups is 1. The van der Waals surface area contributed by atoms with Gasteiger partial charge < -0.3 is 10.1 Å². The number of nitrogens with zero attached hydrogens (tertiary/aromatic N) is 4. The summed E-state index contributed by atoms with van der Waals surface area (Å²) < 4.78 is 6.95. The van der Waals surface area contributed by atoms with Crippen LogP contribution in [0.2, 0.25) is 0 Å². The molecule has 1 heterocycles. The van der Waals surface area contributed by atoms with E-state index in [4.69, 9.17) is 4.74 Å². The first kappa shape index (κ1) is 20.9. The first-order chi connectivity index (χ1) is 14.1. The third-order valence-electron chi connectivity index (χ3n) is 4.40. The number of unbranched alkanes of at least 4 members (excludes halogenated alkanes) is 1. The van der Waals surface area contributed by atoms with E-state index in [1.165, 1.54) is 30.2 Å². The SMILES string of the molecule is CCCCc1ccc(-n2nnnc2SCC(=O)Nc2cc(C)ccc2OC)cc1. The van der Waals surface area contributed by atoms with E-state index in [0.717, 1.165) is 17.7 Å². The van der Waals surface area contributed by atoms with Crippen molar-refractivity contribution in [2.24, 2.45) is 0 Å². The van der Waals surface area contributed by atoms with Crippen molar-refractivity contribution < 1.29 is 9.53 Å². The highest BCUT2D eigenvalue weighted by Gasteiger charge is 2.13. The van der Waals surface area contributed by atoms with Crippen LogP contribution in [0.1, 0.15) is 30.9 Å². The molecule has 0 saturated heterocycles. The summed E-state index contributed by atoms with van der Waals surface area (Å²) in [6.45, 7) is 4.15. The molecule has 29 heavy (non-hydrogen) atoms. The van der Waals surface area contributed by atoms with Gasteiger partial charge in [-0.15, -0.1) is 5.10 Å². The van der Waals surface area contributed by atoms with E-state index in [1.807, 2.05) is 37.3 Å². The second-order valence-electron chi connectivity index (χ2n) is 6.68. The van der Waals surface area contributed by atoms with Crippen molar-refractivity contribution in [3.63, 3.8) is 0 Å². The molecule has 2 aromatic carbocycles. The number of tetrazole rings is 1.